The van der Waals surface area contributed by atoms with Gasteiger partial charge in [0.2, 0.25) is 0 Å². The van der Waals surface area contributed by atoms with E-state index in [1.807, 2.05) is 6.92 Å². The van der Waals surface area contributed by atoms with Crippen molar-refractivity contribution in [3.8, 4) is 11.8 Å². The van der Waals surface area contributed by atoms with Crippen LogP contribution in [-0.4, -0.2) is 6.54 Å². The molecule has 0 spiro atoms. The van der Waals surface area contributed by atoms with E-state index in [4.69, 9.17) is 0 Å². The van der Waals surface area contributed by atoms with Gasteiger partial charge < -0.3 is 5.32 Å². The van der Waals surface area contributed by atoms with Crippen LogP contribution in [0.25, 0.3) is 0 Å². The zero-order valence-corrected chi connectivity index (χ0v) is 9.48. The van der Waals surface area contributed by atoms with Crippen molar-refractivity contribution in [1.82, 2.24) is 5.32 Å². The van der Waals surface area contributed by atoms with Crippen molar-refractivity contribution in [2.75, 3.05) is 6.54 Å². The second kappa shape index (κ2) is 6.24. The molecule has 1 rings (SSSR count). The summed E-state index contributed by atoms with van der Waals surface area (Å²) in [5.74, 6) is 4.62. The highest BCUT2D eigenvalue weighted by Crippen LogP contribution is 2.15. The highest BCUT2D eigenvalue weighted by molar-refractivity contribution is 5.20. The van der Waals surface area contributed by atoms with Gasteiger partial charge in [-0.1, -0.05) is 0 Å². The summed E-state index contributed by atoms with van der Waals surface area (Å²) in [6.07, 6.45) is 0.735. The first-order valence-corrected chi connectivity index (χ1v) is 5.22. The lowest BCUT2D eigenvalue weighted by atomic mass is 10.1. The zero-order valence-electron chi connectivity index (χ0n) is 9.48. The highest BCUT2D eigenvalue weighted by atomic mass is 19.1. The van der Waals surface area contributed by atoms with Crippen LogP contribution in [0.4, 0.5) is 8.78 Å². The Balaban J connectivity index is 2.57. The molecule has 0 radical (unpaired) electrons. The van der Waals surface area contributed by atoms with Gasteiger partial charge in [0.15, 0.2) is 0 Å². The van der Waals surface area contributed by atoms with E-state index < -0.39 is 11.6 Å². The van der Waals surface area contributed by atoms with Crippen molar-refractivity contribution in [3.05, 3.63) is 35.4 Å². The number of benzene rings is 1. The van der Waals surface area contributed by atoms with E-state index in [0.29, 0.717) is 12.1 Å². The molecule has 0 aliphatic rings. The van der Waals surface area contributed by atoms with Crippen molar-refractivity contribution >= 4 is 0 Å². The minimum absolute atomic E-state index is 0.0798. The first kappa shape index (κ1) is 12.7. The molecule has 16 heavy (non-hydrogen) atoms. The summed E-state index contributed by atoms with van der Waals surface area (Å²) in [6.45, 7) is 4.36. The quantitative estimate of drug-likeness (QED) is 0.611. The topological polar surface area (TPSA) is 12.0 Å². The SMILES string of the molecule is CC#CCCNC(C)c1cc(F)cc(F)c1. The summed E-state index contributed by atoms with van der Waals surface area (Å²) in [4.78, 5) is 0. The Labute approximate surface area is 94.9 Å². The molecular formula is C13H15F2N. The van der Waals surface area contributed by atoms with Gasteiger partial charge in [-0.3, -0.25) is 0 Å². The minimum atomic E-state index is -0.544. The largest absolute Gasteiger partial charge is 0.309 e. The van der Waals surface area contributed by atoms with Gasteiger partial charge >= 0.3 is 0 Å². The Kier molecular flexibility index (Phi) is 4.94. The van der Waals surface area contributed by atoms with Crippen molar-refractivity contribution in [2.45, 2.75) is 26.3 Å². The number of nitrogens with one attached hydrogen (secondary N) is 1. The monoisotopic (exact) mass is 223 g/mol. The van der Waals surface area contributed by atoms with Gasteiger partial charge in [0, 0.05) is 25.1 Å². The van der Waals surface area contributed by atoms with Gasteiger partial charge in [-0.2, -0.15) is 0 Å². The van der Waals surface area contributed by atoms with Crippen LogP contribution in [0, 0.1) is 23.5 Å². The molecule has 0 bridgehead atoms. The molecule has 0 saturated heterocycles. The molecule has 0 aliphatic heterocycles. The number of rotatable bonds is 4. The summed E-state index contributed by atoms with van der Waals surface area (Å²) in [5, 5.41) is 3.15. The van der Waals surface area contributed by atoms with Gasteiger partial charge in [0.25, 0.3) is 0 Å². The van der Waals surface area contributed by atoms with Crippen LogP contribution in [0.3, 0.4) is 0 Å². The fourth-order valence-electron chi connectivity index (χ4n) is 1.42. The van der Waals surface area contributed by atoms with Crippen LogP contribution >= 0.6 is 0 Å². The summed E-state index contributed by atoms with van der Waals surface area (Å²) in [5.41, 5.74) is 0.613. The molecule has 0 aliphatic carbocycles. The average Bonchev–Trinajstić information content (AvgIpc) is 2.22. The first-order chi connectivity index (χ1) is 7.63. The fourth-order valence-corrected chi connectivity index (χ4v) is 1.42. The third-order valence-corrected chi connectivity index (χ3v) is 2.26. The minimum Gasteiger partial charge on any atom is -0.309 e. The maximum absolute atomic E-state index is 12.9. The van der Waals surface area contributed by atoms with Crippen molar-refractivity contribution < 1.29 is 8.78 Å². The average molecular weight is 223 g/mol. The third-order valence-electron chi connectivity index (χ3n) is 2.26. The highest BCUT2D eigenvalue weighted by Gasteiger charge is 2.07. The lowest BCUT2D eigenvalue weighted by Crippen LogP contribution is -2.19. The molecule has 0 heterocycles. The van der Waals surface area contributed by atoms with Gasteiger partial charge in [0.1, 0.15) is 11.6 Å². The standard InChI is InChI=1S/C13H15F2N/c1-3-4-5-6-16-10(2)11-7-12(14)9-13(15)8-11/h7-10,16H,5-6H2,1-2H3. The van der Waals surface area contributed by atoms with Gasteiger partial charge in [-0.05, 0) is 31.5 Å². The molecule has 1 nitrogen and oxygen atoms in total. The van der Waals surface area contributed by atoms with E-state index in [1.165, 1.54) is 12.1 Å². The normalized spacial score (nSPS) is 11.8. The van der Waals surface area contributed by atoms with Crippen molar-refractivity contribution in [1.29, 1.82) is 0 Å². The van der Waals surface area contributed by atoms with Crippen LogP contribution in [0.2, 0.25) is 0 Å². The lowest BCUT2D eigenvalue weighted by molar-refractivity contribution is 0.550. The predicted molar refractivity (Wildman–Crippen MR) is 60.8 cm³/mol. The van der Waals surface area contributed by atoms with Crippen molar-refractivity contribution in [2.24, 2.45) is 0 Å². The van der Waals surface area contributed by atoms with Gasteiger partial charge in [-0.25, -0.2) is 8.78 Å². The molecular weight excluding hydrogens is 208 g/mol. The maximum atomic E-state index is 12.9. The van der Waals surface area contributed by atoms with E-state index in [0.717, 1.165) is 12.5 Å². The van der Waals surface area contributed by atoms with Crippen molar-refractivity contribution in [3.63, 3.8) is 0 Å². The summed E-state index contributed by atoms with van der Waals surface area (Å²) < 4.78 is 25.9. The number of halogens is 2. The van der Waals surface area contributed by atoms with E-state index >= 15 is 0 Å². The summed E-state index contributed by atoms with van der Waals surface area (Å²) in [7, 11) is 0. The smallest absolute Gasteiger partial charge is 0.126 e. The van der Waals surface area contributed by atoms with Crippen LogP contribution in [0.15, 0.2) is 18.2 Å². The van der Waals surface area contributed by atoms with Gasteiger partial charge in [0.05, 0.1) is 0 Å². The summed E-state index contributed by atoms with van der Waals surface area (Å²) in [6, 6.07) is 3.47. The molecule has 1 unspecified atom stereocenters. The molecule has 1 aromatic carbocycles. The predicted octanol–water partition coefficient (Wildman–Crippen LogP) is 3.03. The van der Waals surface area contributed by atoms with Crippen LogP contribution in [0.1, 0.15) is 31.9 Å². The molecule has 86 valence electrons. The van der Waals surface area contributed by atoms with E-state index in [-0.39, 0.29) is 6.04 Å². The zero-order chi connectivity index (χ0) is 12.0. The number of hydrogen-bond acceptors (Lipinski definition) is 1. The second-order valence-corrected chi connectivity index (χ2v) is 3.56. The Morgan fingerprint density at radius 3 is 2.44 bits per heavy atom. The fraction of sp³-hybridized carbons (Fsp3) is 0.385. The molecule has 3 heteroatoms. The van der Waals surface area contributed by atoms with Crippen LogP contribution < -0.4 is 5.32 Å². The number of hydrogen-bond donors (Lipinski definition) is 1. The molecule has 1 aromatic rings. The molecule has 0 amide bonds. The Bertz CT molecular complexity index is 384. The van der Waals surface area contributed by atoms with Crippen LogP contribution in [0.5, 0.6) is 0 Å². The Hall–Kier alpha value is -1.40. The molecule has 0 saturated carbocycles. The molecule has 1 atom stereocenters. The van der Waals surface area contributed by atoms with E-state index in [9.17, 15) is 8.78 Å². The molecule has 1 N–H and O–H groups in total. The Morgan fingerprint density at radius 1 is 1.25 bits per heavy atom. The van der Waals surface area contributed by atoms with Crippen LogP contribution in [-0.2, 0) is 0 Å². The molecule has 0 aromatic heterocycles. The molecule has 0 fully saturated rings. The second-order valence-electron chi connectivity index (χ2n) is 3.56. The van der Waals surface area contributed by atoms with E-state index in [2.05, 4.69) is 17.2 Å². The van der Waals surface area contributed by atoms with E-state index in [1.54, 1.807) is 6.92 Å². The maximum Gasteiger partial charge on any atom is 0.126 e. The van der Waals surface area contributed by atoms with Gasteiger partial charge in [-0.15, -0.1) is 11.8 Å². The summed E-state index contributed by atoms with van der Waals surface area (Å²) >= 11 is 0. The third kappa shape index (κ3) is 4.00. The Morgan fingerprint density at radius 2 is 1.88 bits per heavy atom. The lowest BCUT2D eigenvalue weighted by Gasteiger charge is -2.13. The first-order valence-electron chi connectivity index (χ1n) is 5.22.